The van der Waals surface area contributed by atoms with E-state index in [0.29, 0.717) is 19.5 Å². The first kappa shape index (κ1) is 19.3. The summed E-state index contributed by atoms with van der Waals surface area (Å²) in [7, 11) is 0. The number of anilines is 1. The fraction of sp³-hybridized carbons (Fsp3) is 0.381. The lowest BCUT2D eigenvalue weighted by Crippen LogP contribution is -2.37. The van der Waals surface area contributed by atoms with Crippen LogP contribution in [0.5, 0.6) is 0 Å². The first-order chi connectivity index (χ1) is 13.1. The van der Waals surface area contributed by atoms with E-state index in [2.05, 4.69) is 54.3 Å². The quantitative estimate of drug-likeness (QED) is 0.623. The normalized spacial score (nSPS) is 11.1. The predicted octanol–water partition coefficient (Wildman–Crippen LogP) is 4.49. The summed E-state index contributed by atoms with van der Waals surface area (Å²) in [6, 6.07) is 12.4. The van der Waals surface area contributed by atoms with Gasteiger partial charge in [-0.3, -0.25) is 4.79 Å². The Balaban J connectivity index is 1.62. The van der Waals surface area contributed by atoms with Gasteiger partial charge in [0.05, 0.1) is 5.39 Å². The Morgan fingerprint density at radius 2 is 2.00 bits per heavy atom. The zero-order chi connectivity index (χ0) is 19.2. The van der Waals surface area contributed by atoms with Crippen molar-refractivity contribution in [1.82, 2.24) is 14.9 Å². The molecule has 142 valence electrons. The van der Waals surface area contributed by atoms with Crippen LogP contribution >= 0.6 is 11.3 Å². The number of aromatic nitrogens is 2. The Bertz CT molecular complexity index is 892. The fourth-order valence-electron chi connectivity index (χ4n) is 2.99. The third kappa shape index (κ3) is 4.83. The number of carbonyl (C=O) groups is 1. The van der Waals surface area contributed by atoms with Gasteiger partial charge in [0.2, 0.25) is 5.91 Å². The van der Waals surface area contributed by atoms with Crippen LogP contribution in [0, 0.1) is 0 Å². The monoisotopic (exact) mass is 382 g/mol. The lowest BCUT2D eigenvalue weighted by Gasteiger charge is -2.27. The van der Waals surface area contributed by atoms with Gasteiger partial charge in [0, 0.05) is 30.4 Å². The van der Waals surface area contributed by atoms with E-state index in [0.717, 1.165) is 28.0 Å². The first-order valence-electron chi connectivity index (χ1n) is 9.39. The Labute approximate surface area is 164 Å². The molecule has 0 atom stereocenters. The molecule has 0 saturated heterocycles. The van der Waals surface area contributed by atoms with Gasteiger partial charge in [-0.25, -0.2) is 9.97 Å². The summed E-state index contributed by atoms with van der Waals surface area (Å²) in [5, 5.41) is 4.36. The molecule has 2 heterocycles. The van der Waals surface area contributed by atoms with Crippen LogP contribution in [0.4, 0.5) is 5.82 Å². The van der Waals surface area contributed by atoms with Crippen LogP contribution in [0.3, 0.4) is 0 Å². The van der Waals surface area contributed by atoms with Gasteiger partial charge in [-0.15, -0.1) is 11.3 Å². The summed E-state index contributed by atoms with van der Waals surface area (Å²) in [5.41, 5.74) is 1.15. The third-order valence-corrected chi connectivity index (χ3v) is 5.69. The number of hydrogen-bond donors (Lipinski definition) is 1. The van der Waals surface area contributed by atoms with Crippen molar-refractivity contribution < 1.29 is 4.79 Å². The average Bonchev–Trinajstić information content (AvgIpc) is 3.11. The van der Waals surface area contributed by atoms with Crippen LogP contribution in [0.2, 0.25) is 0 Å². The second-order valence-corrected chi connectivity index (χ2v) is 7.90. The molecule has 1 amide bonds. The van der Waals surface area contributed by atoms with Gasteiger partial charge in [0.25, 0.3) is 0 Å². The van der Waals surface area contributed by atoms with Gasteiger partial charge in [0.1, 0.15) is 17.0 Å². The molecule has 27 heavy (non-hydrogen) atoms. The molecule has 0 aliphatic heterocycles. The van der Waals surface area contributed by atoms with E-state index >= 15 is 0 Å². The predicted molar refractivity (Wildman–Crippen MR) is 112 cm³/mol. The van der Waals surface area contributed by atoms with Crippen molar-refractivity contribution in [3.8, 4) is 0 Å². The second-order valence-electron chi connectivity index (χ2n) is 6.79. The van der Waals surface area contributed by atoms with E-state index in [1.807, 2.05) is 23.1 Å². The van der Waals surface area contributed by atoms with Gasteiger partial charge in [0.15, 0.2) is 0 Å². The van der Waals surface area contributed by atoms with Crippen LogP contribution in [-0.4, -0.2) is 33.4 Å². The Kier molecular flexibility index (Phi) is 6.40. The minimum Gasteiger partial charge on any atom is -0.369 e. The number of fused-ring (bicyclic) bond motifs is 1. The van der Waals surface area contributed by atoms with Crippen LogP contribution in [0.15, 0.2) is 42.7 Å². The number of aryl methyl sites for hydroxylation is 1. The summed E-state index contributed by atoms with van der Waals surface area (Å²) in [5.74, 6) is 0.953. The van der Waals surface area contributed by atoms with Gasteiger partial charge < -0.3 is 10.2 Å². The molecule has 1 N–H and O–H groups in total. The molecule has 0 fully saturated rings. The number of nitrogens with one attached hydrogen (secondary N) is 1. The summed E-state index contributed by atoms with van der Waals surface area (Å²) in [6.45, 7) is 7.44. The Morgan fingerprint density at radius 3 is 2.70 bits per heavy atom. The summed E-state index contributed by atoms with van der Waals surface area (Å²) in [4.78, 5) is 25.7. The van der Waals surface area contributed by atoms with Gasteiger partial charge in [-0.2, -0.15) is 0 Å². The summed E-state index contributed by atoms with van der Waals surface area (Å²) >= 11 is 1.69. The maximum Gasteiger partial charge on any atom is 0.224 e. The van der Waals surface area contributed by atoms with Gasteiger partial charge in [-0.1, -0.05) is 37.3 Å². The molecule has 0 unspecified atom stereocenters. The number of amides is 1. The number of benzene rings is 1. The molecule has 0 saturated carbocycles. The number of rotatable bonds is 8. The molecule has 0 aliphatic rings. The molecule has 1 aromatic carbocycles. The molecule has 6 heteroatoms. The van der Waals surface area contributed by atoms with E-state index < -0.39 is 0 Å². The zero-order valence-electron chi connectivity index (χ0n) is 16.1. The highest BCUT2D eigenvalue weighted by molar-refractivity contribution is 7.18. The van der Waals surface area contributed by atoms with Crippen molar-refractivity contribution in [1.29, 1.82) is 0 Å². The lowest BCUT2D eigenvalue weighted by molar-refractivity contribution is -0.133. The molecule has 0 aliphatic carbocycles. The van der Waals surface area contributed by atoms with Crippen LogP contribution in [0.1, 0.15) is 37.6 Å². The topological polar surface area (TPSA) is 58.1 Å². The minimum atomic E-state index is 0.145. The molecule has 2 aromatic heterocycles. The molecule has 3 rings (SSSR count). The largest absolute Gasteiger partial charge is 0.369 e. The summed E-state index contributed by atoms with van der Waals surface area (Å²) < 4.78 is 0. The number of carbonyl (C=O) groups excluding carboxylic acids is 1. The molecule has 3 aromatic rings. The Hall–Kier alpha value is -2.47. The molecule has 0 radical (unpaired) electrons. The van der Waals surface area contributed by atoms with Crippen LogP contribution in [-0.2, 0) is 17.8 Å². The summed E-state index contributed by atoms with van der Waals surface area (Å²) in [6.07, 6.45) is 3.00. The average molecular weight is 383 g/mol. The second kappa shape index (κ2) is 8.95. The fourth-order valence-corrected chi connectivity index (χ4v) is 3.93. The zero-order valence-corrected chi connectivity index (χ0v) is 16.9. The molecule has 0 spiro atoms. The molecule has 5 nitrogen and oxygen atoms in total. The van der Waals surface area contributed by atoms with Crippen molar-refractivity contribution >= 4 is 33.3 Å². The SMILES string of the molecule is CCc1cc2c(NCCC(=O)N(Cc3ccccc3)C(C)C)ncnc2s1. The highest BCUT2D eigenvalue weighted by Crippen LogP contribution is 2.28. The van der Waals surface area contributed by atoms with Crippen molar-refractivity contribution in [2.24, 2.45) is 0 Å². The van der Waals surface area contributed by atoms with E-state index in [9.17, 15) is 4.79 Å². The van der Waals surface area contributed by atoms with E-state index in [-0.39, 0.29) is 11.9 Å². The number of nitrogens with zero attached hydrogens (tertiary/aromatic N) is 3. The standard InChI is InChI=1S/C21H26N4OS/c1-4-17-12-18-20(23-14-24-21(18)27-17)22-11-10-19(26)25(15(2)3)13-16-8-6-5-7-9-16/h5-9,12,14-15H,4,10-11,13H2,1-3H3,(H,22,23,24). The molecule has 0 bridgehead atoms. The number of hydrogen-bond acceptors (Lipinski definition) is 5. The van der Waals surface area contributed by atoms with E-state index in [4.69, 9.17) is 0 Å². The van der Waals surface area contributed by atoms with E-state index in [1.54, 1.807) is 17.7 Å². The smallest absolute Gasteiger partial charge is 0.224 e. The van der Waals surface area contributed by atoms with E-state index in [1.165, 1.54) is 4.88 Å². The van der Waals surface area contributed by atoms with Gasteiger partial charge >= 0.3 is 0 Å². The molecular weight excluding hydrogens is 356 g/mol. The highest BCUT2D eigenvalue weighted by Gasteiger charge is 2.17. The number of thiophene rings is 1. The Morgan fingerprint density at radius 1 is 1.22 bits per heavy atom. The molecular formula is C21H26N4OS. The lowest BCUT2D eigenvalue weighted by atomic mass is 10.1. The minimum absolute atomic E-state index is 0.145. The van der Waals surface area contributed by atoms with Gasteiger partial charge in [-0.05, 0) is 31.9 Å². The maximum atomic E-state index is 12.7. The maximum absolute atomic E-state index is 12.7. The van der Waals surface area contributed by atoms with Crippen molar-refractivity contribution in [2.45, 2.75) is 46.2 Å². The highest BCUT2D eigenvalue weighted by atomic mass is 32.1. The van der Waals surface area contributed by atoms with Crippen molar-refractivity contribution in [3.63, 3.8) is 0 Å². The van der Waals surface area contributed by atoms with Crippen LogP contribution in [0.25, 0.3) is 10.2 Å². The first-order valence-corrected chi connectivity index (χ1v) is 10.2. The third-order valence-electron chi connectivity index (χ3n) is 4.50. The van der Waals surface area contributed by atoms with Crippen LogP contribution < -0.4 is 5.32 Å². The van der Waals surface area contributed by atoms with Crippen molar-refractivity contribution in [2.75, 3.05) is 11.9 Å². The van der Waals surface area contributed by atoms with Crippen molar-refractivity contribution in [3.05, 3.63) is 53.2 Å².